The summed E-state index contributed by atoms with van der Waals surface area (Å²) in [7, 11) is 1.56. The first-order chi connectivity index (χ1) is 16.5. The molecule has 0 atom stereocenters. The Morgan fingerprint density at radius 3 is 2.46 bits per heavy atom. The van der Waals surface area contributed by atoms with Gasteiger partial charge in [-0.15, -0.1) is 0 Å². The van der Waals surface area contributed by atoms with Crippen LogP contribution in [0.2, 0.25) is 0 Å². The van der Waals surface area contributed by atoms with Crippen LogP contribution in [0.3, 0.4) is 0 Å². The molecule has 0 aliphatic carbocycles. The average molecular weight is 493 g/mol. The van der Waals surface area contributed by atoms with Crippen LogP contribution in [0.1, 0.15) is 32.3 Å². The second-order valence-electron chi connectivity index (χ2n) is 9.20. The fourth-order valence-corrected chi connectivity index (χ4v) is 4.34. The Balaban J connectivity index is 1.52. The smallest absolute Gasteiger partial charge is 0.381 e. The summed E-state index contributed by atoms with van der Waals surface area (Å²) in [5, 5.41) is 10.2. The number of anilines is 2. The molecule has 4 rings (SSSR count). The number of fused-ring (bicyclic) bond motifs is 1. The fraction of sp³-hybridized carbons (Fsp3) is 0.478. The lowest BCUT2D eigenvalue weighted by Gasteiger charge is -2.37. The van der Waals surface area contributed by atoms with Crippen molar-refractivity contribution in [3.8, 4) is 0 Å². The maximum absolute atomic E-state index is 13.1. The number of hydrogen-bond acceptors (Lipinski definition) is 6. The summed E-state index contributed by atoms with van der Waals surface area (Å²) in [6.07, 6.45) is -1.46. The van der Waals surface area contributed by atoms with E-state index in [1.54, 1.807) is 7.05 Å². The number of aromatic nitrogens is 4. The van der Waals surface area contributed by atoms with E-state index in [9.17, 15) is 22.8 Å². The van der Waals surface area contributed by atoms with E-state index in [0.29, 0.717) is 18.9 Å². The lowest BCUT2D eigenvalue weighted by molar-refractivity contribution is -0.137. The second-order valence-corrected chi connectivity index (χ2v) is 9.20. The predicted molar refractivity (Wildman–Crippen MR) is 123 cm³/mol. The molecular formula is C23H27F3N6O3. The lowest BCUT2D eigenvalue weighted by atomic mass is 9.82. The Hall–Kier alpha value is -3.41. The van der Waals surface area contributed by atoms with Gasteiger partial charge in [-0.2, -0.15) is 18.3 Å². The summed E-state index contributed by atoms with van der Waals surface area (Å²) in [5.41, 5.74) is -0.904. The number of amides is 1. The van der Waals surface area contributed by atoms with Gasteiger partial charge in [-0.05, 0) is 56.9 Å². The van der Waals surface area contributed by atoms with E-state index in [2.05, 4.69) is 20.7 Å². The van der Waals surface area contributed by atoms with Gasteiger partial charge in [0.2, 0.25) is 5.91 Å². The highest BCUT2D eigenvalue weighted by Crippen LogP contribution is 2.31. The van der Waals surface area contributed by atoms with Crippen LogP contribution in [0.15, 0.2) is 35.4 Å². The van der Waals surface area contributed by atoms with Gasteiger partial charge < -0.3 is 15.4 Å². The van der Waals surface area contributed by atoms with Crippen LogP contribution >= 0.6 is 0 Å². The molecule has 1 aromatic carbocycles. The summed E-state index contributed by atoms with van der Waals surface area (Å²) >= 11 is 0. The van der Waals surface area contributed by atoms with Crippen molar-refractivity contribution in [2.24, 2.45) is 13.0 Å². The number of hydrogen-bond donors (Lipinski definition) is 2. The summed E-state index contributed by atoms with van der Waals surface area (Å²) in [6.45, 7) is 5.04. The summed E-state index contributed by atoms with van der Waals surface area (Å²) in [6, 6.07) is 4.45. The average Bonchev–Trinajstić information content (AvgIpc) is 3.11. The third-order valence-electron chi connectivity index (χ3n) is 6.30. The largest absolute Gasteiger partial charge is 0.416 e. The minimum Gasteiger partial charge on any atom is -0.381 e. The monoisotopic (exact) mass is 492 g/mol. The van der Waals surface area contributed by atoms with E-state index in [1.165, 1.54) is 27.7 Å². The number of rotatable bonds is 6. The quantitative estimate of drug-likeness (QED) is 0.548. The van der Waals surface area contributed by atoms with E-state index in [0.717, 1.165) is 25.0 Å². The molecule has 12 heteroatoms. The Labute approximate surface area is 199 Å². The number of carbonyl (C=O) groups is 1. The van der Waals surface area contributed by atoms with Crippen LogP contribution in [0, 0.1) is 5.92 Å². The summed E-state index contributed by atoms with van der Waals surface area (Å²) in [4.78, 5) is 30.1. The molecule has 0 unspecified atom stereocenters. The van der Waals surface area contributed by atoms with Gasteiger partial charge >= 0.3 is 6.18 Å². The minimum atomic E-state index is -4.44. The highest BCUT2D eigenvalue weighted by molar-refractivity contribution is 5.87. The molecule has 0 saturated carbocycles. The number of nitrogens with one attached hydrogen (secondary N) is 2. The van der Waals surface area contributed by atoms with Gasteiger partial charge in [-0.25, -0.2) is 4.98 Å². The van der Waals surface area contributed by atoms with Gasteiger partial charge in [0.25, 0.3) is 5.56 Å². The van der Waals surface area contributed by atoms with Crippen LogP contribution in [0.25, 0.3) is 11.0 Å². The SMILES string of the molecule is Cn1nc(Nc2ccc(C(F)(F)F)cc2)c2ncn(CC(=O)NC(C)(C)C3CCOCC3)c(=O)c21. The molecule has 1 fully saturated rings. The third kappa shape index (κ3) is 5.31. The first kappa shape index (κ1) is 24.7. The van der Waals surface area contributed by atoms with E-state index >= 15 is 0 Å². The maximum Gasteiger partial charge on any atom is 0.416 e. The number of benzene rings is 1. The zero-order chi connectivity index (χ0) is 25.4. The molecule has 3 aromatic rings. The molecule has 0 bridgehead atoms. The Morgan fingerprint density at radius 1 is 1.17 bits per heavy atom. The van der Waals surface area contributed by atoms with Gasteiger partial charge in [0.05, 0.1) is 11.9 Å². The molecule has 35 heavy (non-hydrogen) atoms. The predicted octanol–water partition coefficient (Wildman–Crippen LogP) is 3.21. The molecule has 1 aliphatic heterocycles. The van der Waals surface area contributed by atoms with Gasteiger partial charge in [0.1, 0.15) is 12.1 Å². The molecule has 0 radical (unpaired) electrons. The number of alkyl halides is 3. The van der Waals surface area contributed by atoms with Crippen molar-refractivity contribution in [2.75, 3.05) is 18.5 Å². The molecule has 1 aliphatic rings. The molecule has 3 heterocycles. The standard InChI is InChI=1S/C23H27F3N6O3/c1-22(2,14-8-10-35-11-9-14)29-17(33)12-32-13-27-18-19(21(32)34)31(3)30-20(18)28-16-6-4-15(5-7-16)23(24,25)26/h4-7,13-14H,8-12H2,1-3H3,(H,28,30)(H,29,33). The van der Waals surface area contributed by atoms with Crippen molar-refractivity contribution in [1.82, 2.24) is 24.6 Å². The topological polar surface area (TPSA) is 103 Å². The molecule has 1 amide bonds. The van der Waals surface area contributed by atoms with Crippen molar-refractivity contribution in [3.05, 3.63) is 46.5 Å². The van der Waals surface area contributed by atoms with Crippen LogP contribution in [0.5, 0.6) is 0 Å². The zero-order valence-electron chi connectivity index (χ0n) is 19.6. The van der Waals surface area contributed by atoms with Crippen molar-refractivity contribution >= 4 is 28.4 Å². The number of aryl methyl sites for hydroxylation is 1. The summed E-state index contributed by atoms with van der Waals surface area (Å²) in [5.74, 6) is 0.181. The van der Waals surface area contributed by atoms with E-state index in [-0.39, 0.29) is 35.2 Å². The van der Waals surface area contributed by atoms with Gasteiger partial charge in [0.15, 0.2) is 11.3 Å². The first-order valence-electron chi connectivity index (χ1n) is 11.2. The molecular weight excluding hydrogens is 465 g/mol. The van der Waals surface area contributed by atoms with Gasteiger partial charge in [-0.3, -0.25) is 18.8 Å². The van der Waals surface area contributed by atoms with Crippen molar-refractivity contribution in [1.29, 1.82) is 0 Å². The molecule has 2 aromatic heterocycles. The van der Waals surface area contributed by atoms with Crippen LogP contribution < -0.4 is 16.2 Å². The zero-order valence-corrected chi connectivity index (χ0v) is 19.6. The Kier molecular flexibility index (Phi) is 6.58. The second kappa shape index (κ2) is 9.33. The van der Waals surface area contributed by atoms with E-state index in [4.69, 9.17) is 4.74 Å². The fourth-order valence-electron chi connectivity index (χ4n) is 4.34. The molecule has 1 saturated heterocycles. The third-order valence-corrected chi connectivity index (χ3v) is 6.30. The van der Waals surface area contributed by atoms with Gasteiger partial charge in [-0.1, -0.05) is 0 Å². The highest BCUT2D eigenvalue weighted by atomic mass is 19.4. The first-order valence-corrected chi connectivity index (χ1v) is 11.2. The van der Waals surface area contributed by atoms with Gasteiger partial charge in [0, 0.05) is 31.5 Å². The van der Waals surface area contributed by atoms with E-state index < -0.39 is 22.8 Å². The molecule has 2 N–H and O–H groups in total. The number of halogens is 3. The van der Waals surface area contributed by atoms with Crippen LogP contribution in [-0.2, 0) is 29.3 Å². The van der Waals surface area contributed by atoms with E-state index in [1.807, 2.05) is 13.8 Å². The minimum absolute atomic E-state index is 0.165. The van der Waals surface area contributed by atoms with Crippen molar-refractivity contribution in [3.63, 3.8) is 0 Å². The molecule has 188 valence electrons. The molecule has 0 spiro atoms. The maximum atomic E-state index is 13.1. The summed E-state index contributed by atoms with van der Waals surface area (Å²) < 4.78 is 46.3. The molecule has 9 nitrogen and oxygen atoms in total. The number of ether oxygens (including phenoxy) is 1. The van der Waals surface area contributed by atoms with Crippen molar-refractivity contribution in [2.45, 2.75) is 44.9 Å². The number of carbonyl (C=O) groups excluding carboxylic acids is 1. The van der Waals surface area contributed by atoms with Crippen LogP contribution in [-0.4, -0.2) is 44.0 Å². The number of nitrogens with zero attached hydrogens (tertiary/aromatic N) is 4. The highest BCUT2D eigenvalue weighted by Gasteiger charge is 2.32. The lowest BCUT2D eigenvalue weighted by Crippen LogP contribution is -2.51. The van der Waals surface area contributed by atoms with Crippen LogP contribution in [0.4, 0.5) is 24.7 Å². The normalized spacial score (nSPS) is 15.4. The Morgan fingerprint density at radius 2 is 1.83 bits per heavy atom. The Bertz CT molecular complexity index is 1270. The van der Waals surface area contributed by atoms with Crippen molar-refractivity contribution < 1.29 is 22.7 Å².